The Labute approximate surface area is 167 Å². The Morgan fingerprint density at radius 2 is 1.93 bits per heavy atom. The summed E-state index contributed by atoms with van der Waals surface area (Å²) in [5, 5.41) is 9.84. The summed E-state index contributed by atoms with van der Waals surface area (Å²) in [7, 11) is 0. The number of phenolic OH excluding ortho intramolecular Hbond substituents is 1. The smallest absolute Gasteiger partial charge is 0.119 e. The summed E-state index contributed by atoms with van der Waals surface area (Å²) in [6.07, 6.45) is 3.35. The van der Waals surface area contributed by atoms with Crippen LogP contribution in [0.1, 0.15) is 42.4 Å². The number of benzene rings is 2. The van der Waals surface area contributed by atoms with Crippen molar-refractivity contribution in [3.8, 4) is 11.5 Å². The van der Waals surface area contributed by atoms with Crippen molar-refractivity contribution in [2.45, 2.75) is 32.1 Å². The summed E-state index contributed by atoms with van der Waals surface area (Å²) in [5.74, 6) is 2.48. The summed E-state index contributed by atoms with van der Waals surface area (Å²) in [6.45, 7) is 5.27. The minimum atomic E-state index is -0.207. The average Bonchev–Trinajstić information content (AvgIpc) is 2.69. The van der Waals surface area contributed by atoms with Crippen LogP contribution in [0.5, 0.6) is 11.5 Å². The van der Waals surface area contributed by atoms with Gasteiger partial charge in [-0.25, -0.2) is 0 Å². The van der Waals surface area contributed by atoms with Crippen molar-refractivity contribution in [3.63, 3.8) is 0 Å². The highest BCUT2D eigenvalue weighted by Crippen LogP contribution is 2.43. The van der Waals surface area contributed by atoms with Crippen molar-refractivity contribution in [2.75, 3.05) is 32.9 Å². The summed E-state index contributed by atoms with van der Waals surface area (Å²) in [6, 6.07) is 14.3. The van der Waals surface area contributed by atoms with Gasteiger partial charge in [-0.2, -0.15) is 0 Å². The Balaban J connectivity index is 1.41. The zero-order chi connectivity index (χ0) is 19.5. The molecule has 2 aromatic carbocycles. The maximum absolute atomic E-state index is 12.5. The molecule has 4 rings (SSSR count). The molecule has 0 amide bonds. The van der Waals surface area contributed by atoms with Crippen molar-refractivity contribution in [3.05, 3.63) is 59.2 Å². The topological polar surface area (TPSA) is 32.7 Å². The van der Waals surface area contributed by atoms with Crippen molar-refractivity contribution >= 4 is 0 Å². The fourth-order valence-electron chi connectivity index (χ4n) is 4.79. The largest absolute Gasteiger partial charge is 0.508 e. The molecule has 2 aliphatic rings. The van der Waals surface area contributed by atoms with Crippen LogP contribution in [-0.4, -0.2) is 42.9 Å². The van der Waals surface area contributed by atoms with Gasteiger partial charge in [0.15, 0.2) is 0 Å². The molecule has 0 unspecified atom stereocenters. The Morgan fingerprint density at radius 3 is 2.64 bits per heavy atom. The Bertz CT molecular complexity index is 786. The van der Waals surface area contributed by atoms with Crippen LogP contribution in [0.2, 0.25) is 0 Å². The molecule has 2 atom stereocenters. The third-order valence-electron chi connectivity index (χ3n) is 6.41. The van der Waals surface area contributed by atoms with Gasteiger partial charge in [0.2, 0.25) is 0 Å². The monoisotopic (exact) mass is 383 g/mol. The van der Waals surface area contributed by atoms with Crippen LogP contribution in [0, 0.1) is 11.8 Å². The number of nitrogens with zero attached hydrogens (tertiary/aromatic N) is 1. The lowest BCUT2D eigenvalue weighted by Crippen LogP contribution is -2.49. The summed E-state index contributed by atoms with van der Waals surface area (Å²) in [5.41, 5.74) is 3.94. The van der Waals surface area contributed by atoms with Gasteiger partial charge in [-0.05, 0) is 59.7 Å². The maximum atomic E-state index is 12.5. The van der Waals surface area contributed by atoms with E-state index in [2.05, 4.69) is 42.2 Å². The van der Waals surface area contributed by atoms with E-state index in [1.807, 2.05) is 12.1 Å². The van der Waals surface area contributed by atoms with Crippen LogP contribution in [0.4, 0.5) is 4.39 Å². The number of phenols is 1. The Morgan fingerprint density at radius 1 is 1.14 bits per heavy atom. The number of hydrogen-bond acceptors (Lipinski definition) is 3. The van der Waals surface area contributed by atoms with Gasteiger partial charge in [-0.1, -0.05) is 31.5 Å². The highest BCUT2D eigenvalue weighted by molar-refractivity contribution is 5.45. The molecule has 2 aromatic rings. The molecule has 0 spiro atoms. The number of rotatable bonds is 7. The number of alkyl halides is 1. The lowest BCUT2D eigenvalue weighted by Gasteiger charge is -2.37. The Hall–Kier alpha value is -2.07. The molecule has 1 aliphatic heterocycles. The number of aromatic hydroxyl groups is 1. The molecular weight excluding hydrogens is 353 g/mol. The molecule has 150 valence electrons. The number of halogens is 1. The van der Waals surface area contributed by atoms with Crippen LogP contribution in [-0.2, 0) is 6.42 Å². The first-order chi connectivity index (χ1) is 13.7. The minimum absolute atomic E-state index is 0.207. The quantitative estimate of drug-likeness (QED) is 0.747. The number of likely N-dealkylation sites (tertiary alicyclic amines) is 1. The molecule has 28 heavy (non-hydrogen) atoms. The van der Waals surface area contributed by atoms with Gasteiger partial charge in [-0.3, -0.25) is 9.29 Å². The molecule has 1 aliphatic carbocycles. The van der Waals surface area contributed by atoms with Crippen LogP contribution < -0.4 is 4.74 Å². The van der Waals surface area contributed by atoms with Gasteiger partial charge >= 0.3 is 0 Å². The van der Waals surface area contributed by atoms with Crippen LogP contribution in [0.3, 0.4) is 0 Å². The number of ether oxygens (including phenoxy) is 1. The zero-order valence-electron chi connectivity index (χ0n) is 16.6. The molecule has 1 fully saturated rings. The normalized spacial score (nSPS) is 22.5. The van der Waals surface area contributed by atoms with Gasteiger partial charge in [0.1, 0.15) is 18.1 Å². The van der Waals surface area contributed by atoms with E-state index in [1.54, 1.807) is 0 Å². The van der Waals surface area contributed by atoms with E-state index in [4.69, 9.17) is 4.74 Å². The molecule has 4 heteroatoms. The first-order valence-corrected chi connectivity index (χ1v) is 10.5. The third-order valence-corrected chi connectivity index (χ3v) is 6.41. The van der Waals surface area contributed by atoms with Crippen LogP contribution in [0.25, 0.3) is 0 Å². The number of fused-ring (bicyclic) bond motifs is 1. The number of hydrogen-bond donors (Lipinski definition) is 1. The van der Waals surface area contributed by atoms with E-state index >= 15 is 0 Å². The highest BCUT2D eigenvalue weighted by Gasteiger charge is 2.30. The van der Waals surface area contributed by atoms with Crippen LogP contribution >= 0.6 is 0 Å². The predicted octanol–water partition coefficient (Wildman–Crippen LogP) is 4.78. The fraction of sp³-hybridized carbons (Fsp3) is 0.500. The van der Waals surface area contributed by atoms with E-state index in [1.165, 1.54) is 16.7 Å². The molecule has 1 N–H and O–H groups in total. The predicted molar refractivity (Wildman–Crippen MR) is 110 cm³/mol. The van der Waals surface area contributed by atoms with E-state index in [9.17, 15) is 9.50 Å². The molecular formula is C24H30FNO2. The van der Waals surface area contributed by atoms with E-state index in [0.29, 0.717) is 24.2 Å². The zero-order valence-corrected chi connectivity index (χ0v) is 16.6. The van der Waals surface area contributed by atoms with Crippen molar-refractivity contribution in [2.24, 2.45) is 11.8 Å². The molecule has 0 radical (unpaired) electrons. The molecule has 3 nitrogen and oxygen atoms in total. The fourth-order valence-corrected chi connectivity index (χ4v) is 4.79. The van der Waals surface area contributed by atoms with E-state index in [0.717, 1.165) is 44.6 Å². The summed E-state index contributed by atoms with van der Waals surface area (Å²) >= 11 is 0. The van der Waals surface area contributed by atoms with Gasteiger partial charge in [0, 0.05) is 31.5 Å². The van der Waals surface area contributed by atoms with Gasteiger partial charge < -0.3 is 9.84 Å². The molecule has 1 heterocycles. The van der Waals surface area contributed by atoms with Crippen LogP contribution in [0.15, 0.2) is 42.5 Å². The molecule has 0 bridgehead atoms. The molecule has 1 saturated heterocycles. The second-order valence-electron chi connectivity index (χ2n) is 8.27. The SMILES string of the molecule is CC[C@H]1CCc2cc(O)ccc2[C@H]1c1ccc(OCCN2CC(CF)C2)cc1. The van der Waals surface area contributed by atoms with Crippen molar-refractivity contribution in [1.29, 1.82) is 0 Å². The summed E-state index contributed by atoms with van der Waals surface area (Å²) < 4.78 is 18.4. The second-order valence-corrected chi connectivity index (χ2v) is 8.27. The van der Waals surface area contributed by atoms with Crippen molar-refractivity contribution < 1.29 is 14.2 Å². The first kappa shape index (κ1) is 19.3. The lowest BCUT2D eigenvalue weighted by molar-refractivity contribution is 0.0668. The number of aryl methyl sites for hydroxylation is 1. The third kappa shape index (κ3) is 4.02. The summed E-state index contributed by atoms with van der Waals surface area (Å²) in [4.78, 5) is 2.23. The second kappa shape index (κ2) is 8.52. The van der Waals surface area contributed by atoms with E-state index in [-0.39, 0.29) is 12.6 Å². The van der Waals surface area contributed by atoms with Crippen molar-refractivity contribution in [1.82, 2.24) is 4.90 Å². The van der Waals surface area contributed by atoms with Gasteiger partial charge in [0.25, 0.3) is 0 Å². The molecule has 0 aromatic heterocycles. The minimum Gasteiger partial charge on any atom is -0.508 e. The van der Waals surface area contributed by atoms with Gasteiger partial charge in [-0.15, -0.1) is 0 Å². The average molecular weight is 384 g/mol. The molecule has 0 saturated carbocycles. The van der Waals surface area contributed by atoms with Gasteiger partial charge in [0.05, 0.1) is 6.67 Å². The first-order valence-electron chi connectivity index (χ1n) is 10.5. The lowest BCUT2D eigenvalue weighted by atomic mass is 9.71. The standard InChI is InChI=1S/C24H30FNO2/c1-2-18-3-4-20-13-21(27)7-10-23(20)24(18)19-5-8-22(9-6-19)28-12-11-26-15-17(14-25)16-26/h5-10,13,17-18,24,27H,2-4,11-12,14-16H2,1H3/t18-,24+/m0/s1. The Kier molecular flexibility index (Phi) is 5.86. The highest BCUT2D eigenvalue weighted by atomic mass is 19.1. The van der Waals surface area contributed by atoms with E-state index < -0.39 is 0 Å². The maximum Gasteiger partial charge on any atom is 0.119 e.